The van der Waals surface area contributed by atoms with Gasteiger partial charge in [0.2, 0.25) is 0 Å². The molecule has 2 aromatic rings. The first kappa shape index (κ1) is 16.5. The molecule has 1 unspecified atom stereocenters. The van der Waals surface area contributed by atoms with E-state index in [1.165, 1.54) is 0 Å². The van der Waals surface area contributed by atoms with Crippen LogP contribution in [0.4, 0.5) is 4.79 Å². The second-order valence-corrected chi connectivity index (χ2v) is 6.71. The molecule has 1 heterocycles. The first-order valence-corrected chi connectivity index (χ1v) is 8.43. The van der Waals surface area contributed by atoms with Gasteiger partial charge in [0, 0.05) is 17.6 Å². The summed E-state index contributed by atoms with van der Waals surface area (Å²) in [4.78, 5) is 16.7. The van der Waals surface area contributed by atoms with Gasteiger partial charge in [0.15, 0.2) is 0 Å². The van der Waals surface area contributed by atoms with Gasteiger partial charge in [0.1, 0.15) is 5.01 Å². The Morgan fingerprint density at radius 1 is 1.27 bits per heavy atom. The number of urea groups is 1. The maximum absolute atomic E-state index is 12.1. The molecule has 5 heteroatoms. The summed E-state index contributed by atoms with van der Waals surface area (Å²) in [6, 6.07) is 9.71. The molecule has 1 aromatic carbocycles. The summed E-state index contributed by atoms with van der Waals surface area (Å²) in [7, 11) is 0. The number of thiazole rings is 1. The van der Waals surface area contributed by atoms with E-state index in [0.29, 0.717) is 12.5 Å². The minimum Gasteiger partial charge on any atom is -0.334 e. The van der Waals surface area contributed by atoms with Gasteiger partial charge < -0.3 is 10.6 Å². The molecule has 0 aliphatic carbocycles. The fourth-order valence-corrected chi connectivity index (χ4v) is 3.07. The van der Waals surface area contributed by atoms with Crippen molar-refractivity contribution in [3.8, 4) is 0 Å². The second kappa shape index (κ2) is 7.94. The Morgan fingerprint density at radius 2 is 2.00 bits per heavy atom. The van der Waals surface area contributed by atoms with E-state index in [0.717, 1.165) is 22.7 Å². The summed E-state index contributed by atoms with van der Waals surface area (Å²) in [5.74, 6) is 0.489. The third kappa shape index (κ3) is 5.15. The maximum atomic E-state index is 12.1. The van der Waals surface area contributed by atoms with Crippen molar-refractivity contribution in [2.45, 2.75) is 39.8 Å². The molecule has 0 spiro atoms. The molecule has 2 amide bonds. The van der Waals surface area contributed by atoms with Gasteiger partial charge in [-0.05, 0) is 24.8 Å². The Bertz CT molecular complexity index is 595. The number of amides is 2. The van der Waals surface area contributed by atoms with Crippen LogP contribution >= 0.6 is 11.3 Å². The first-order valence-electron chi connectivity index (χ1n) is 7.55. The predicted octanol–water partition coefficient (Wildman–Crippen LogP) is 4.04. The molecule has 0 aliphatic heterocycles. The highest BCUT2D eigenvalue weighted by Crippen LogP contribution is 2.24. The van der Waals surface area contributed by atoms with Crippen molar-refractivity contribution in [3.63, 3.8) is 0 Å². The normalized spacial score (nSPS) is 12.2. The molecular weight excluding hydrogens is 294 g/mol. The Hall–Kier alpha value is -1.88. The summed E-state index contributed by atoms with van der Waals surface area (Å²) in [5, 5.41) is 8.95. The fourth-order valence-electron chi connectivity index (χ4n) is 2.21. The average molecular weight is 317 g/mol. The zero-order valence-electron chi connectivity index (χ0n) is 13.3. The fraction of sp³-hybridized carbons (Fsp3) is 0.412. The first-order chi connectivity index (χ1) is 10.5. The number of nitrogens with zero attached hydrogens (tertiary/aromatic N) is 1. The summed E-state index contributed by atoms with van der Waals surface area (Å²) in [6.45, 7) is 6.80. The van der Waals surface area contributed by atoms with Crippen molar-refractivity contribution in [1.29, 1.82) is 0 Å². The summed E-state index contributed by atoms with van der Waals surface area (Å²) < 4.78 is 0. The van der Waals surface area contributed by atoms with Gasteiger partial charge in [-0.2, -0.15) is 0 Å². The molecule has 0 aliphatic rings. The van der Waals surface area contributed by atoms with Crippen LogP contribution in [0.1, 0.15) is 42.6 Å². The number of aromatic nitrogens is 1. The van der Waals surface area contributed by atoms with E-state index >= 15 is 0 Å². The lowest BCUT2D eigenvalue weighted by atomic mass is 10.0. The van der Waals surface area contributed by atoms with Crippen molar-refractivity contribution in [2.75, 3.05) is 0 Å². The van der Waals surface area contributed by atoms with E-state index in [4.69, 9.17) is 0 Å². The van der Waals surface area contributed by atoms with Gasteiger partial charge in [-0.1, -0.05) is 44.2 Å². The largest absolute Gasteiger partial charge is 0.334 e. The van der Waals surface area contributed by atoms with Gasteiger partial charge in [-0.15, -0.1) is 11.3 Å². The van der Waals surface area contributed by atoms with E-state index in [9.17, 15) is 4.79 Å². The number of hydrogen-bond donors (Lipinski definition) is 2. The highest BCUT2D eigenvalue weighted by atomic mass is 32.1. The average Bonchev–Trinajstić information content (AvgIpc) is 2.92. The van der Waals surface area contributed by atoms with E-state index in [2.05, 4.69) is 29.5 Å². The summed E-state index contributed by atoms with van der Waals surface area (Å²) in [5.41, 5.74) is 2.09. The van der Waals surface area contributed by atoms with Crippen LogP contribution in [-0.4, -0.2) is 11.0 Å². The van der Waals surface area contributed by atoms with Crippen LogP contribution in [0, 0.1) is 12.8 Å². The number of aryl methyl sites for hydroxylation is 1. The van der Waals surface area contributed by atoms with Gasteiger partial charge >= 0.3 is 6.03 Å². The molecule has 2 N–H and O–H groups in total. The predicted molar refractivity (Wildman–Crippen MR) is 90.9 cm³/mol. The van der Waals surface area contributed by atoms with Crippen molar-refractivity contribution >= 4 is 17.4 Å². The van der Waals surface area contributed by atoms with Gasteiger partial charge in [0.05, 0.1) is 6.04 Å². The highest BCUT2D eigenvalue weighted by Gasteiger charge is 2.18. The Kier molecular flexibility index (Phi) is 5.95. The van der Waals surface area contributed by atoms with Crippen molar-refractivity contribution in [2.24, 2.45) is 5.92 Å². The lowest BCUT2D eigenvalue weighted by Crippen LogP contribution is -2.38. The molecule has 0 bridgehead atoms. The van der Waals surface area contributed by atoms with Gasteiger partial charge in [0.25, 0.3) is 0 Å². The molecule has 0 saturated heterocycles. The number of carbonyl (C=O) groups is 1. The molecule has 1 atom stereocenters. The quantitative estimate of drug-likeness (QED) is 0.845. The van der Waals surface area contributed by atoms with Crippen LogP contribution in [-0.2, 0) is 6.54 Å². The van der Waals surface area contributed by atoms with E-state index < -0.39 is 0 Å². The van der Waals surface area contributed by atoms with Crippen molar-refractivity contribution < 1.29 is 4.79 Å². The lowest BCUT2D eigenvalue weighted by Gasteiger charge is -2.19. The topological polar surface area (TPSA) is 54.0 Å². The van der Waals surface area contributed by atoms with Gasteiger partial charge in [-0.3, -0.25) is 0 Å². The van der Waals surface area contributed by atoms with Crippen LogP contribution in [0.3, 0.4) is 0 Å². The Morgan fingerprint density at radius 3 is 2.59 bits per heavy atom. The zero-order chi connectivity index (χ0) is 15.9. The van der Waals surface area contributed by atoms with E-state index in [1.54, 1.807) is 11.3 Å². The molecule has 0 saturated carbocycles. The SMILES string of the molecule is Cc1csc(C(CC(C)C)NC(=O)NCc2ccccc2)n1. The van der Waals surface area contributed by atoms with E-state index in [1.807, 2.05) is 42.6 Å². The standard InChI is InChI=1S/C17H23N3OS/c1-12(2)9-15(16-19-13(3)11-22-16)20-17(21)18-10-14-7-5-4-6-8-14/h4-8,11-12,15H,9-10H2,1-3H3,(H2,18,20,21). The van der Waals surface area contributed by atoms with Crippen LogP contribution in [0.25, 0.3) is 0 Å². The van der Waals surface area contributed by atoms with Crippen LogP contribution in [0.5, 0.6) is 0 Å². The minimum atomic E-state index is -0.151. The Balaban J connectivity index is 1.93. The van der Waals surface area contributed by atoms with Gasteiger partial charge in [-0.25, -0.2) is 9.78 Å². The number of carbonyl (C=O) groups excluding carboxylic acids is 1. The number of rotatable bonds is 6. The number of benzene rings is 1. The highest BCUT2D eigenvalue weighted by molar-refractivity contribution is 7.09. The molecule has 2 rings (SSSR count). The summed E-state index contributed by atoms with van der Waals surface area (Å²) >= 11 is 1.60. The smallest absolute Gasteiger partial charge is 0.315 e. The van der Waals surface area contributed by atoms with Crippen LogP contribution < -0.4 is 10.6 Å². The third-order valence-corrected chi connectivity index (χ3v) is 4.32. The molecule has 22 heavy (non-hydrogen) atoms. The zero-order valence-corrected chi connectivity index (χ0v) is 14.1. The second-order valence-electron chi connectivity index (χ2n) is 5.82. The van der Waals surface area contributed by atoms with Crippen molar-refractivity contribution in [1.82, 2.24) is 15.6 Å². The van der Waals surface area contributed by atoms with E-state index in [-0.39, 0.29) is 12.1 Å². The molecular formula is C17H23N3OS. The molecule has 0 radical (unpaired) electrons. The van der Waals surface area contributed by atoms with Crippen LogP contribution in [0.15, 0.2) is 35.7 Å². The maximum Gasteiger partial charge on any atom is 0.315 e. The van der Waals surface area contributed by atoms with Crippen molar-refractivity contribution in [3.05, 3.63) is 52.0 Å². The summed E-state index contributed by atoms with van der Waals surface area (Å²) in [6.07, 6.45) is 0.881. The van der Waals surface area contributed by atoms with Crippen LogP contribution in [0.2, 0.25) is 0 Å². The molecule has 4 nitrogen and oxygen atoms in total. The molecule has 118 valence electrons. The third-order valence-electron chi connectivity index (χ3n) is 3.24. The molecule has 1 aromatic heterocycles. The molecule has 0 fully saturated rings. The number of nitrogens with one attached hydrogen (secondary N) is 2. The number of hydrogen-bond acceptors (Lipinski definition) is 3. The lowest BCUT2D eigenvalue weighted by molar-refractivity contribution is 0.234. The minimum absolute atomic E-state index is 0.0329. The Labute approximate surface area is 136 Å². The monoisotopic (exact) mass is 317 g/mol.